The average molecular weight is 229 g/mol. The van der Waals surface area contributed by atoms with E-state index in [2.05, 4.69) is 15.4 Å². The van der Waals surface area contributed by atoms with Gasteiger partial charge >= 0.3 is 0 Å². The lowest BCUT2D eigenvalue weighted by Gasteiger charge is -2.19. The van der Waals surface area contributed by atoms with E-state index in [0.29, 0.717) is 5.82 Å². The first-order valence-electron chi connectivity index (χ1n) is 5.31. The molecular weight excluding hydrogens is 214 g/mol. The molecule has 0 aliphatic carbocycles. The molecule has 1 atom stereocenters. The minimum atomic E-state index is -0.197. The number of aryl methyl sites for hydroxylation is 1. The van der Waals surface area contributed by atoms with E-state index >= 15 is 0 Å². The molecule has 88 valence electrons. The van der Waals surface area contributed by atoms with Crippen LogP contribution in [-0.4, -0.2) is 9.97 Å². The molecule has 0 bridgehead atoms. The molecular formula is C12H15N5. The molecule has 2 rings (SSSR count). The summed E-state index contributed by atoms with van der Waals surface area (Å²) in [6.45, 7) is 2.01. The Morgan fingerprint density at radius 2 is 2.06 bits per heavy atom. The maximum atomic E-state index is 5.86. The standard InChI is InChI=1S/C12H15N5/c1-8-4-6-15-7-10(8)11(17-14)9-3-2-5-16-12(9)13/h2-7,11,17H,14H2,1H3,(H2,13,16). The van der Waals surface area contributed by atoms with Crippen molar-refractivity contribution in [3.05, 3.63) is 53.5 Å². The van der Waals surface area contributed by atoms with E-state index < -0.39 is 0 Å². The summed E-state index contributed by atoms with van der Waals surface area (Å²) in [6.07, 6.45) is 5.19. The SMILES string of the molecule is Cc1ccncc1C(NN)c1cccnc1N. The van der Waals surface area contributed by atoms with Gasteiger partial charge in [-0.25, -0.2) is 10.4 Å². The Balaban J connectivity index is 2.48. The minimum Gasteiger partial charge on any atom is -0.383 e. The van der Waals surface area contributed by atoms with Crippen LogP contribution in [0.25, 0.3) is 0 Å². The lowest BCUT2D eigenvalue weighted by atomic mass is 9.98. The van der Waals surface area contributed by atoms with Gasteiger partial charge < -0.3 is 5.73 Å². The second kappa shape index (κ2) is 4.90. The molecule has 2 heterocycles. The average Bonchev–Trinajstić information content (AvgIpc) is 2.34. The van der Waals surface area contributed by atoms with E-state index in [4.69, 9.17) is 11.6 Å². The van der Waals surface area contributed by atoms with Gasteiger partial charge in [0.2, 0.25) is 0 Å². The fraction of sp³-hybridized carbons (Fsp3) is 0.167. The van der Waals surface area contributed by atoms with Crippen molar-refractivity contribution >= 4 is 5.82 Å². The van der Waals surface area contributed by atoms with E-state index in [9.17, 15) is 0 Å². The van der Waals surface area contributed by atoms with Crippen LogP contribution in [0.2, 0.25) is 0 Å². The van der Waals surface area contributed by atoms with E-state index in [1.165, 1.54) is 0 Å². The molecule has 1 unspecified atom stereocenters. The molecule has 0 fully saturated rings. The molecule has 0 saturated carbocycles. The highest BCUT2D eigenvalue weighted by Crippen LogP contribution is 2.26. The second-order valence-corrected chi connectivity index (χ2v) is 3.81. The summed E-state index contributed by atoms with van der Waals surface area (Å²) in [5.41, 5.74) is 11.6. The lowest BCUT2D eigenvalue weighted by molar-refractivity contribution is 0.631. The zero-order valence-electron chi connectivity index (χ0n) is 9.59. The molecule has 2 aromatic heterocycles. The summed E-state index contributed by atoms with van der Waals surface area (Å²) < 4.78 is 0. The van der Waals surface area contributed by atoms with Crippen molar-refractivity contribution in [3.63, 3.8) is 0 Å². The highest BCUT2D eigenvalue weighted by atomic mass is 15.2. The number of hydrazine groups is 1. The van der Waals surface area contributed by atoms with Gasteiger partial charge in [0.25, 0.3) is 0 Å². The van der Waals surface area contributed by atoms with Crippen LogP contribution in [-0.2, 0) is 0 Å². The van der Waals surface area contributed by atoms with Crippen LogP contribution >= 0.6 is 0 Å². The fourth-order valence-electron chi connectivity index (χ4n) is 1.80. The van der Waals surface area contributed by atoms with Crippen molar-refractivity contribution in [3.8, 4) is 0 Å². The van der Waals surface area contributed by atoms with Crippen molar-refractivity contribution in [2.45, 2.75) is 13.0 Å². The number of pyridine rings is 2. The predicted octanol–water partition coefficient (Wildman–Crippen LogP) is 0.920. The molecule has 17 heavy (non-hydrogen) atoms. The number of nitrogens with zero attached hydrogens (tertiary/aromatic N) is 2. The van der Waals surface area contributed by atoms with Crippen LogP contribution in [0.4, 0.5) is 5.82 Å². The highest BCUT2D eigenvalue weighted by Gasteiger charge is 2.17. The third-order valence-electron chi connectivity index (χ3n) is 2.74. The Morgan fingerprint density at radius 1 is 1.24 bits per heavy atom. The molecule has 0 spiro atoms. The van der Waals surface area contributed by atoms with E-state index in [1.54, 1.807) is 18.6 Å². The molecule has 5 nitrogen and oxygen atoms in total. The second-order valence-electron chi connectivity index (χ2n) is 3.81. The van der Waals surface area contributed by atoms with Crippen LogP contribution in [0.1, 0.15) is 22.7 Å². The van der Waals surface area contributed by atoms with Crippen LogP contribution in [0, 0.1) is 6.92 Å². The highest BCUT2D eigenvalue weighted by molar-refractivity contribution is 5.46. The quantitative estimate of drug-likeness (QED) is 0.538. The number of rotatable bonds is 3. The van der Waals surface area contributed by atoms with Crippen LogP contribution in [0.5, 0.6) is 0 Å². The molecule has 0 aliphatic rings. The van der Waals surface area contributed by atoms with Gasteiger partial charge in [0.05, 0.1) is 6.04 Å². The Bertz CT molecular complexity index is 466. The molecule has 0 aliphatic heterocycles. The summed E-state index contributed by atoms with van der Waals surface area (Å²) in [4.78, 5) is 8.18. The normalized spacial score (nSPS) is 12.4. The molecule has 0 saturated heterocycles. The summed E-state index contributed by atoms with van der Waals surface area (Å²) in [6, 6.07) is 5.48. The van der Waals surface area contributed by atoms with E-state index in [0.717, 1.165) is 16.7 Å². The number of aromatic nitrogens is 2. The van der Waals surface area contributed by atoms with Crippen LogP contribution in [0.15, 0.2) is 36.8 Å². The summed E-state index contributed by atoms with van der Waals surface area (Å²) in [5.74, 6) is 6.08. The summed E-state index contributed by atoms with van der Waals surface area (Å²) in [5, 5.41) is 0. The number of nitrogens with two attached hydrogens (primary N) is 2. The lowest BCUT2D eigenvalue weighted by Crippen LogP contribution is -2.30. The van der Waals surface area contributed by atoms with Gasteiger partial charge in [0.15, 0.2) is 0 Å². The first-order valence-corrected chi connectivity index (χ1v) is 5.31. The Hall–Kier alpha value is -1.98. The van der Waals surface area contributed by atoms with Gasteiger partial charge in [-0.1, -0.05) is 6.07 Å². The maximum Gasteiger partial charge on any atom is 0.128 e. The number of hydrogen-bond donors (Lipinski definition) is 3. The molecule has 5 heteroatoms. The maximum absolute atomic E-state index is 5.86. The summed E-state index contributed by atoms with van der Waals surface area (Å²) >= 11 is 0. The van der Waals surface area contributed by atoms with E-state index in [-0.39, 0.29) is 6.04 Å². The van der Waals surface area contributed by atoms with Gasteiger partial charge in [-0.3, -0.25) is 10.8 Å². The van der Waals surface area contributed by atoms with Crippen LogP contribution in [0.3, 0.4) is 0 Å². The molecule has 5 N–H and O–H groups in total. The zero-order chi connectivity index (χ0) is 12.3. The molecule has 2 aromatic rings. The van der Waals surface area contributed by atoms with Gasteiger partial charge in [-0.05, 0) is 30.2 Å². The Labute approximate surface area is 99.9 Å². The molecule has 0 amide bonds. The third kappa shape index (κ3) is 2.25. The fourth-order valence-corrected chi connectivity index (χ4v) is 1.80. The number of nitrogens with one attached hydrogen (secondary N) is 1. The van der Waals surface area contributed by atoms with Crippen LogP contribution < -0.4 is 17.0 Å². The molecule has 0 aromatic carbocycles. The van der Waals surface area contributed by atoms with E-state index in [1.807, 2.05) is 25.1 Å². The Kier molecular flexibility index (Phi) is 3.32. The molecule has 0 radical (unpaired) electrons. The van der Waals surface area contributed by atoms with Crippen molar-refractivity contribution in [1.82, 2.24) is 15.4 Å². The monoisotopic (exact) mass is 229 g/mol. The van der Waals surface area contributed by atoms with Crippen molar-refractivity contribution in [2.24, 2.45) is 5.84 Å². The first kappa shape index (κ1) is 11.5. The largest absolute Gasteiger partial charge is 0.383 e. The van der Waals surface area contributed by atoms with Gasteiger partial charge in [-0.2, -0.15) is 0 Å². The van der Waals surface area contributed by atoms with Crippen molar-refractivity contribution in [1.29, 1.82) is 0 Å². The topological polar surface area (TPSA) is 89.8 Å². The number of anilines is 1. The van der Waals surface area contributed by atoms with Gasteiger partial charge in [0.1, 0.15) is 5.82 Å². The van der Waals surface area contributed by atoms with Gasteiger partial charge in [-0.15, -0.1) is 0 Å². The number of hydrogen-bond acceptors (Lipinski definition) is 5. The Morgan fingerprint density at radius 3 is 2.71 bits per heavy atom. The van der Waals surface area contributed by atoms with Gasteiger partial charge in [0, 0.05) is 24.2 Å². The minimum absolute atomic E-state index is 0.197. The zero-order valence-corrected chi connectivity index (χ0v) is 9.59. The number of nitrogen functional groups attached to an aromatic ring is 1. The first-order chi connectivity index (χ1) is 8.24. The van der Waals surface area contributed by atoms with Crippen molar-refractivity contribution in [2.75, 3.05) is 5.73 Å². The summed E-state index contributed by atoms with van der Waals surface area (Å²) in [7, 11) is 0. The predicted molar refractivity (Wildman–Crippen MR) is 66.8 cm³/mol. The third-order valence-corrected chi connectivity index (χ3v) is 2.74. The smallest absolute Gasteiger partial charge is 0.128 e. The van der Waals surface area contributed by atoms with Crippen molar-refractivity contribution < 1.29 is 0 Å².